The van der Waals surface area contributed by atoms with Crippen molar-refractivity contribution in [2.75, 3.05) is 32.1 Å². The SMILES string of the molecule is CCN(CC)C(=O)c1ccc(NCCc2ccc(OC)cc2)nn1. The molecule has 2 rings (SSSR count). The number of hydrogen-bond acceptors (Lipinski definition) is 5. The lowest BCUT2D eigenvalue weighted by Gasteiger charge is -2.17. The van der Waals surface area contributed by atoms with Gasteiger partial charge in [0.15, 0.2) is 5.69 Å². The third kappa shape index (κ3) is 4.68. The van der Waals surface area contributed by atoms with Crippen LogP contribution in [0.1, 0.15) is 29.9 Å². The maximum Gasteiger partial charge on any atom is 0.274 e. The Balaban J connectivity index is 1.86. The van der Waals surface area contributed by atoms with Crippen LogP contribution in [0.3, 0.4) is 0 Å². The van der Waals surface area contributed by atoms with Gasteiger partial charge in [0.05, 0.1) is 7.11 Å². The molecule has 0 aliphatic heterocycles. The van der Waals surface area contributed by atoms with E-state index < -0.39 is 0 Å². The summed E-state index contributed by atoms with van der Waals surface area (Å²) in [4.78, 5) is 13.9. The van der Waals surface area contributed by atoms with Crippen LogP contribution in [0.15, 0.2) is 36.4 Å². The van der Waals surface area contributed by atoms with Crippen molar-refractivity contribution in [3.05, 3.63) is 47.7 Å². The Morgan fingerprint density at radius 2 is 1.79 bits per heavy atom. The summed E-state index contributed by atoms with van der Waals surface area (Å²) in [5.74, 6) is 1.43. The highest BCUT2D eigenvalue weighted by Gasteiger charge is 2.14. The fraction of sp³-hybridized carbons (Fsp3) is 0.389. The van der Waals surface area contributed by atoms with E-state index in [0.717, 1.165) is 18.7 Å². The molecule has 0 atom stereocenters. The maximum atomic E-state index is 12.2. The van der Waals surface area contributed by atoms with E-state index in [4.69, 9.17) is 4.74 Å². The molecule has 2 aromatic rings. The zero-order valence-electron chi connectivity index (χ0n) is 14.5. The van der Waals surface area contributed by atoms with Crippen molar-refractivity contribution in [2.45, 2.75) is 20.3 Å². The second kappa shape index (κ2) is 8.86. The van der Waals surface area contributed by atoms with Crippen molar-refractivity contribution in [1.82, 2.24) is 15.1 Å². The first-order valence-corrected chi connectivity index (χ1v) is 8.17. The van der Waals surface area contributed by atoms with E-state index in [9.17, 15) is 4.79 Å². The Labute approximate surface area is 142 Å². The molecule has 0 unspecified atom stereocenters. The van der Waals surface area contributed by atoms with Crippen molar-refractivity contribution in [1.29, 1.82) is 0 Å². The Morgan fingerprint density at radius 3 is 2.33 bits per heavy atom. The maximum absolute atomic E-state index is 12.2. The van der Waals surface area contributed by atoms with Crippen molar-refractivity contribution < 1.29 is 9.53 Å². The average molecular weight is 328 g/mol. The molecule has 1 amide bonds. The molecule has 1 aromatic carbocycles. The minimum absolute atomic E-state index is 0.0858. The van der Waals surface area contributed by atoms with Crippen LogP contribution in [0.25, 0.3) is 0 Å². The highest BCUT2D eigenvalue weighted by Crippen LogP contribution is 2.12. The summed E-state index contributed by atoms with van der Waals surface area (Å²) in [5.41, 5.74) is 1.59. The summed E-state index contributed by atoms with van der Waals surface area (Å²) in [6.45, 7) is 5.97. The summed E-state index contributed by atoms with van der Waals surface area (Å²) in [6.07, 6.45) is 0.867. The highest BCUT2D eigenvalue weighted by molar-refractivity contribution is 5.92. The normalized spacial score (nSPS) is 10.3. The van der Waals surface area contributed by atoms with Gasteiger partial charge in [0.2, 0.25) is 0 Å². The van der Waals surface area contributed by atoms with Crippen LogP contribution in [-0.2, 0) is 6.42 Å². The second-order valence-corrected chi connectivity index (χ2v) is 5.31. The predicted octanol–water partition coefficient (Wildman–Crippen LogP) is 2.62. The topological polar surface area (TPSA) is 67.4 Å². The van der Waals surface area contributed by atoms with Crippen LogP contribution in [0.2, 0.25) is 0 Å². The number of carbonyl (C=O) groups excluding carboxylic acids is 1. The first-order valence-electron chi connectivity index (χ1n) is 8.17. The third-order valence-corrected chi connectivity index (χ3v) is 3.81. The van der Waals surface area contributed by atoms with Crippen molar-refractivity contribution >= 4 is 11.7 Å². The molecule has 0 aliphatic carbocycles. The van der Waals surface area contributed by atoms with Crippen LogP contribution in [0.5, 0.6) is 5.75 Å². The van der Waals surface area contributed by atoms with E-state index in [-0.39, 0.29) is 5.91 Å². The van der Waals surface area contributed by atoms with Gasteiger partial charge in [-0.3, -0.25) is 4.79 Å². The Hall–Kier alpha value is -2.63. The molecule has 1 N–H and O–H groups in total. The molecule has 1 heterocycles. The van der Waals surface area contributed by atoms with Gasteiger partial charge in [0.1, 0.15) is 11.6 Å². The number of nitrogens with one attached hydrogen (secondary N) is 1. The zero-order valence-corrected chi connectivity index (χ0v) is 14.5. The molecule has 0 fully saturated rings. The lowest BCUT2D eigenvalue weighted by Crippen LogP contribution is -2.31. The summed E-state index contributed by atoms with van der Waals surface area (Å²) in [5, 5.41) is 11.3. The van der Waals surface area contributed by atoms with E-state index in [2.05, 4.69) is 15.5 Å². The predicted molar refractivity (Wildman–Crippen MR) is 94.5 cm³/mol. The molecule has 128 valence electrons. The van der Waals surface area contributed by atoms with E-state index in [1.807, 2.05) is 38.1 Å². The van der Waals surface area contributed by atoms with Gasteiger partial charge in [0, 0.05) is 19.6 Å². The number of ether oxygens (including phenoxy) is 1. The van der Waals surface area contributed by atoms with Gasteiger partial charge in [0.25, 0.3) is 5.91 Å². The minimum atomic E-state index is -0.0858. The van der Waals surface area contributed by atoms with Crippen LogP contribution in [0, 0.1) is 0 Å². The lowest BCUT2D eigenvalue weighted by atomic mass is 10.1. The number of methoxy groups -OCH3 is 1. The van der Waals surface area contributed by atoms with Gasteiger partial charge in [-0.05, 0) is 50.1 Å². The number of aromatic nitrogens is 2. The van der Waals surface area contributed by atoms with E-state index in [0.29, 0.717) is 24.6 Å². The quantitative estimate of drug-likeness (QED) is 0.807. The first kappa shape index (κ1) is 17.7. The number of amides is 1. The summed E-state index contributed by atoms with van der Waals surface area (Å²) >= 11 is 0. The molecule has 0 aliphatic rings. The Bertz CT molecular complexity index is 637. The molecule has 0 saturated carbocycles. The van der Waals surface area contributed by atoms with Crippen molar-refractivity contribution in [2.24, 2.45) is 0 Å². The molecule has 0 radical (unpaired) electrons. The van der Waals surface area contributed by atoms with Gasteiger partial charge in [-0.15, -0.1) is 10.2 Å². The van der Waals surface area contributed by atoms with Gasteiger partial charge >= 0.3 is 0 Å². The molecular formula is C18H24N4O2. The average Bonchev–Trinajstić information content (AvgIpc) is 2.64. The smallest absolute Gasteiger partial charge is 0.274 e. The van der Waals surface area contributed by atoms with E-state index in [1.54, 1.807) is 24.1 Å². The molecule has 0 saturated heterocycles. The van der Waals surface area contributed by atoms with Gasteiger partial charge < -0.3 is 15.0 Å². The number of rotatable bonds is 8. The van der Waals surface area contributed by atoms with Crippen molar-refractivity contribution in [3.8, 4) is 5.75 Å². The number of nitrogens with zero attached hydrogens (tertiary/aromatic N) is 3. The van der Waals surface area contributed by atoms with E-state index >= 15 is 0 Å². The van der Waals surface area contributed by atoms with Crippen LogP contribution in [0.4, 0.5) is 5.82 Å². The standard InChI is InChI=1S/C18H24N4O2/c1-4-22(5-2)18(23)16-10-11-17(21-20-16)19-13-12-14-6-8-15(24-3)9-7-14/h6-11H,4-5,12-13H2,1-3H3,(H,19,21). The molecule has 0 bridgehead atoms. The summed E-state index contributed by atoms with van der Waals surface area (Å²) in [7, 11) is 1.66. The van der Waals surface area contributed by atoms with E-state index in [1.165, 1.54) is 5.56 Å². The summed E-state index contributed by atoms with van der Waals surface area (Å²) < 4.78 is 5.14. The van der Waals surface area contributed by atoms with Crippen LogP contribution in [-0.4, -0.2) is 47.7 Å². The minimum Gasteiger partial charge on any atom is -0.497 e. The third-order valence-electron chi connectivity index (χ3n) is 3.81. The molecule has 1 aromatic heterocycles. The Morgan fingerprint density at radius 1 is 1.08 bits per heavy atom. The monoisotopic (exact) mass is 328 g/mol. The fourth-order valence-electron chi connectivity index (χ4n) is 2.34. The number of anilines is 1. The molecule has 0 spiro atoms. The van der Waals surface area contributed by atoms with Gasteiger partial charge in [-0.1, -0.05) is 12.1 Å². The molecular weight excluding hydrogens is 304 g/mol. The highest BCUT2D eigenvalue weighted by atomic mass is 16.5. The number of hydrogen-bond donors (Lipinski definition) is 1. The lowest BCUT2D eigenvalue weighted by molar-refractivity contribution is 0.0766. The number of benzene rings is 1. The molecule has 24 heavy (non-hydrogen) atoms. The first-order chi connectivity index (χ1) is 11.7. The second-order valence-electron chi connectivity index (χ2n) is 5.31. The molecule has 6 heteroatoms. The van der Waals surface area contributed by atoms with Gasteiger partial charge in [-0.2, -0.15) is 0 Å². The van der Waals surface area contributed by atoms with Gasteiger partial charge in [-0.25, -0.2) is 0 Å². The molecule has 6 nitrogen and oxygen atoms in total. The summed E-state index contributed by atoms with van der Waals surface area (Å²) in [6, 6.07) is 11.5. The Kier molecular flexibility index (Phi) is 6.54. The zero-order chi connectivity index (χ0) is 17.4. The van der Waals surface area contributed by atoms with Crippen LogP contribution < -0.4 is 10.1 Å². The van der Waals surface area contributed by atoms with Crippen molar-refractivity contribution in [3.63, 3.8) is 0 Å². The largest absolute Gasteiger partial charge is 0.497 e. The number of carbonyl (C=O) groups is 1. The fourth-order valence-corrected chi connectivity index (χ4v) is 2.34. The van der Waals surface area contributed by atoms with Crippen LogP contribution >= 0.6 is 0 Å².